The largest absolute Gasteiger partial charge is 0.407 e. The summed E-state index contributed by atoms with van der Waals surface area (Å²) >= 11 is 3.02. The van der Waals surface area contributed by atoms with Gasteiger partial charge in [0.05, 0.1) is 0 Å². The molecule has 3 rings (SSSR count). The van der Waals surface area contributed by atoms with Crippen LogP contribution in [0.15, 0.2) is 14.0 Å². The number of sulfonamides is 1. The van der Waals surface area contributed by atoms with Gasteiger partial charge in [0.1, 0.15) is 0 Å². The molecule has 2 aromatic heterocycles. The average molecular weight is 349 g/mol. The standard InChI is InChI=1S/C8H9BrN6O3S/c1-15-7(5(9)10-14-15)19(16,17)13-8-12-11-6(18-8)4-2-3-4/h4H,2-3H2,1H3,(H,12,13). The van der Waals surface area contributed by atoms with Crippen LogP contribution in [0.3, 0.4) is 0 Å². The molecule has 9 nitrogen and oxygen atoms in total. The Balaban J connectivity index is 1.88. The highest BCUT2D eigenvalue weighted by atomic mass is 79.9. The predicted octanol–water partition coefficient (Wildman–Crippen LogP) is 0.639. The summed E-state index contributed by atoms with van der Waals surface area (Å²) in [5.74, 6) is 0.718. The van der Waals surface area contributed by atoms with Crippen LogP contribution in [0.5, 0.6) is 0 Å². The average Bonchev–Trinajstić information content (AvgIpc) is 2.98. The first kappa shape index (κ1) is 12.5. The fourth-order valence-electron chi connectivity index (χ4n) is 1.54. The van der Waals surface area contributed by atoms with Gasteiger partial charge in [-0.3, -0.25) is 0 Å². The first-order chi connectivity index (χ1) is 8.97. The van der Waals surface area contributed by atoms with Crippen LogP contribution in [-0.2, 0) is 17.1 Å². The highest BCUT2D eigenvalue weighted by Crippen LogP contribution is 2.39. The molecular weight excluding hydrogens is 340 g/mol. The van der Waals surface area contributed by atoms with Gasteiger partial charge in [-0.15, -0.1) is 10.2 Å². The minimum absolute atomic E-state index is 0.112. The molecule has 1 N–H and O–H groups in total. The van der Waals surface area contributed by atoms with Gasteiger partial charge >= 0.3 is 6.01 Å². The molecule has 2 heterocycles. The van der Waals surface area contributed by atoms with Gasteiger partial charge in [0.25, 0.3) is 10.0 Å². The van der Waals surface area contributed by atoms with Crippen LogP contribution >= 0.6 is 15.9 Å². The Kier molecular flexibility index (Phi) is 2.82. The van der Waals surface area contributed by atoms with Crippen molar-refractivity contribution in [2.75, 3.05) is 4.72 Å². The van der Waals surface area contributed by atoms with E-state index in [2.05, 4.69) is 41.2 Å². The maximum Gasteiger partial charge on any atom is 0.329 e. The van der Waals surface area contributed by atoms with Gasteiger partial charge in [0.2, 0.25) is 10.9 Å². The van der Waals surface area contributed by atoms with Crippen molar-refractivity contribution in [1.29, 1.82) is 0 Å². The molecule has 19 heavy (non-hydrogen) atoms. The van der Waals surface area contributed by atoms with E-state index in [4.69, 9.17) is 4.42 Å². The first-order valence-corrected chi connectivity index (χ1v) is 7.66. The zero-order valence-corrected chi connectivity index (χ0v) is 12.1. The number of nitrogens with one attached hydrogen (secondary N) is 1. The third kappa shape index (κ3) is 2.34. The van der Waals surface area contributed by atoms with Gasteiger partial charge in [-0.1, -0.05) is 10.3 Å². The fraction of sp³-hybridized carbons (Fsp3) is 0.500. The maximum atomic E-state index is 12.1. The third-order valence-corrected chi connectivity index (χ3v) is 4.79. The summed E-state index contributed by atoms with van der Waals surface area (Å²) in [6, 6.07) is -0.157. The smallest absolute Gasteiger partial charge is 0.329 e. The highest BCUT2D eigenvalue weighted by molar-refractivity contribution is 9.10. The number of halogens is 1. The van der Waals surface area contributed by atoms with Gasteiger partial charge in [0.15, 0.2) is 4.60 Å². The van der Waals surface area contributed by atoms with Crippen molar-refractivity contribution in [3.63, 3.8) is 0 Å². The number of nitrogens with zero attached hydrogens (tertiary/aromatic N) is 5. The minimum atomic E-state index is -3.88. The molecule has 1 saturated carbocycles. The predicted molar refractivity (Wildman–Crippen MR) is 65.8 cm³/mol. The fourth-order valence-corrected chi connectivity index (χ4v) is 3.57. The van der Waals surface area contributed by atoms with Crippen molar-refractivity contribution in [3.05, 3.63) is 10.5 Å². The molecule has 102 valence electrons. The number of aryl methyl sites for hydroxylation is 1. The molecule has 11 heteroatoms. The van der Waals surface area contributed by atoms with Crippen LogP contribution in [0.4, 0.5) is 6.01 Å². The zero-order chi connectivity index (χ0) is 13.6. The van der Waals surface area contributed by atoms with Crippen LogP contribution in [-0.4, -0.2) is 33.6 Å². The van der Waals surface area contributed by atoms with Crippen LogP contribution in [0.25, 0.3) is 0 Å². The van der Waals surface area contributed by atoms with Gasteiger partial charge in [0, 0.05) is 13.0 Å². The molecule has 0 saturated heterocycles. The number of anilines is 1. The van der Waals surface area contributed by atoms with E-state index in [1.54, 1.807) is 0 Å². The zero-order valence-electron chi connectivity index (χ0n) is 9.74. The Hall–Kier alpha value is -1.49. The lowest BCUT2D eigenvalue weighted by molar-refractivity contribution is 0.510. The van der Waals surface area contributed by atoms with E-state index in [1.807, 2.05) is 0 Å². The summed E-state index contributed by atoms with van der Waals surface area (Å²) in [6.45, 7) is 0. The number of aromatic nitrogens is 5. The Morgan fingerprint density at radius 2 is 2.11 bits per heavy atom. The molecule has 0 unspecified atom stereocenters. The Morgan fingerprint density at radius 3 is 2.68 bits per heavy atom. The molecule has 0 aromatic carbocycles. The molecule has 1 aliphatic rings. The van der Waals surface area contributed by atoms with Crippen molar-refractivity contribution in [3.8, 4) is 0 Å². The maximum absolute atomic E-state index is 12.1. The van der Waals surface area contributed by atoms with Crippen LogP contribution in [0, 0.1) is 0 Å². The Labute approximate surface area is 116 Å². The molecule has 0 spiro atoms. The lowest BCUT2D eigenvalue weighted by Gasteiger charge is -2.03. The Bertz CT molecular complexity index is 699. The topological polar surface area (TPSA) is 116 Å². The quantitative estimate of drug-likeness (QED) is 0.861. The van der Waals surface area contributed by atoms with E-state index >= 15 is 0 Å². The minimum Gasteiger partial charge on any atom is -0.407 e. The molecule has 0 aliphatic heterocycles. The van der Waals surface area contributed by atoms with Crippen LogP contribution in [0.2, 0.25) is 0 Å². The van der Waals surface area contributed by atoms with E-state index < -0.39 is 10.0 Å². The normalized spacial score (nSPS) is 15.7. The number of hydrogen-bond acceptors (Lipinski definition) is 7. The molecular formula is C8H9BrN6O3S. The summed E-state index contributed by atoms with van der Waals surface area (Å²) in [4.78, 5) is 0. The molecule has 0 atom stereocenters. The molecule has 1 aliphatic carbocycles. The molecule has 0 radical (unpaired) electrons. The van der Waals surface area contributed by atoms with Gasteiger partial charge in [-0.05, 0) is 28.8 Å². The lowest BCUT2D eigenvalue weighted by Crippen LogP contribution is -2.17. The second-order valence-electron chi connectivity index (χ2n) is 4.13. The molecule has 2 aromatic rings. The van der Waals surface area contributed by atoms with Crippen molar-refractivity contribution < 1.29 is 12.8 Å². The van der Waals surface area contributed by atoms with Crippen molar-refractivity contribution in [2.24, 2.45) is 7.05 Å². The van der Waals surface area contributed by atoms with Crippen molar-refractivity contribution in [1.82, 2.24) is 25.2 Å². The molecule has 0 bridgehead atoms. The summed E-state index contributed by atoms with van der Waals surface area (Å²) in [7, 11) is -2.41. The summed E-state index contributed by atoms with van der Waals surface area (Å²) < 4.78 is 33.0. The van der Waals surface area contributed by atoms with Crippen molar-refractivity contribution >= 4 is 32.0 Å². The summed E-state index contributed by atoms with van der Waals surface area (Å²) in [5, 5.41) is 14.6. The Morgan fingerprint density at radius 1 is 1.37 bits per heavy atom. The lowest BCUT2D eigenvalue weighted by atomic mass is 10.4. The third-order valence-electron chi connectivity index (χ3n) is 2.58. The number of hydrogen-bond donors (Lipinski definition) is 1. The van der Waals surface area contributed by atoms with E-state index in [0.717, 1.165) is 17.5 Å². The van der Waals surface area contributed by atoms with E-state index in [0.29, 0.717) is 5.89 Å². The molecule has 1 fully saturated rings. The van der Waals surface area contributed by atoms with Gasteiger partial charge in [-0.2, -0.15) is 8.42 Å². The van der Waals surface area contributed by atoms with Crippen molar-refractivity contribution in [2.45, 2.75) is 23.8 Å². The van der Waals surface area contributed by atoms with E-state index in [-0.39, 0.29) is 21.6 Å². The van der Waals surface area contributed by atoms with Gasteiger partial charge in [-0.25, -0.2) is 9.40 Å². The molecule has 0 amide bonds. The van der Waals surface area contributed by atoms with Crippen LogP contribution < -0.4 is 4.72 Å². The summed E-state index contributed by atoms with van der Waals surface area (Å²) in [6.07, 6.45) is 1.98. The van der Waals surface area contributed by atoms with Crippen LogP contribution in [0.1, 0.15) is 24.7 Å². The van der Waals surface area contributed by atoms with E-state index in [1.165, 1.54) is 7.05 Å². The van der Waals surface area contributed by atoms with E-state index in [9.17, 15) is 8.42 Å². The number of rotatable bonds is 4. The second kappa shape index (κ2) is 4.27. The SMILES string of the molecule is Cn1nnc(Br)c1S(=O)(=O)Nc1nnc(C2CC2)o1. The second-order valence-corrected chi connectivity index (χ2v) is 6.48. The summed E-state index contributed by atoms with van der Waals surface area (Å²) in [5.41, 5.74) is 0. The highest BCUT2D eigenvalue weighted by Gasteiger charge is 2.31. The van der Waals surface area contributed by atoms with Gasteiger partial charge < -0.3 is 4.42 Å². The first-order valence-electron chi connectivity index (χ1n) is 5.39. The monoisotopic (exact) mass is 348 g/mol.